The molecule has 6 heteroatoms. The van der Waals surface area contributed by atoms with Gasteiger partial charge in [0.2, 0.25) is 0 Å². The molecular weight excluding hydrogens is 224 g/mol. The monoisotopic (exact) mass is 234 g/mol. The lowest BCUT2D eigenvalue weighted by Gasteiger charge is -2.01. The third-order valence-corrected chi connectivity index (χ3v) is 2.84. The fraction of sp³-hybridized carbons (Fsp3) is 0.200. The number of nitrogens with zero attached hydrogens (tertiary/aromatic N) is 3. The van der Waals surface area contributed by atoms with Gasteiger partial charge in [-0.15, -0.1) is 11.3 Å². The van der Waals surface area contributed by atoms with E-state index in [1.807, 2.05) is 12.3 Å². The van der Waals surface area contributed by atoms with Gasteiger partial charge in [0.1, 0.15) is 5.69 Å². The average Bonchev–Trinajstić information content (AvgIpc) is 2.64. The van der Waals surface area contributed by atoms with Crippen molar-refractivity contribution >= 4 is 17.2 Å². The lowest BCUT2D eigenvalue weighted by molar-refractivity contribution is 0.0994. The van der Waals surface area contributed by atoms with Crippen LogP contribution < -0.4 is 5.73 Å². The first kappa shape index (κ1) is 10.7. The number of amides is 1. The third kappa shape index (κ3) is 2.22. The molecule has 0 bridgehead atoms. The lowest BCUT2D eigenvalue weighted by Crippen LogP contribution is -2.17. The Morgan fingerprint density at radius 1 is 1.44 bits per heavy atom. The normalized spacial score (nSPS) is 10.3. The van der Waals surface area contributed by atoms with Crippen LogP contribution in [0.2, 0.25) is 0 Å². The largest absolute Gasteiger partial charge is 0.364 e. The lowest BCUT2D eigenvalue weighted by atomic mass is 10.2. The van der Waals surface area contributed by atoms with E-state index in [0.717, 1.165) is 10.7 Å². The SMILES string of the molecule is Cc1nc(Cc2nccnc2C(N)=O)cs1. The molecule has 0 unspecified atom stereocenters. The predicted molar refractivity (Wildman–Crippen MR) is 60.2 cm³/mol. The molecule has 0 aliphatic rings. The second-order valence-corrected chi connectivity index (χ2v) is 4.31. The molecule has 0 atom stereocenters. The second-order valence-electron chi connectivity index (χ2n) is 3.25. The predicted octanol–water partition coefficient (Wildman–Crippen LogP) is 0.931. The van der Waals surface area contributed by atoms with Crippen molar-refractivity contribution in [1.82, 2.24) is 15.0 Å². The molecule has 2 aromatic heterocycles. The van der Waals surface area contributed by atoms with Gasteiger partial charge < -0.3 is 5.73 Å². The summed E-state index contributed by atoms with van der Waals surface area (Å²) >= 11 is 1.56. The summed E-state index contributed by atoms with van der Waals surface area (Å²) in [6, 6.07) is 0. The Balaban J connectivity index is 2.31. The molecule has 0 radical (unpaired) electrons. The molecule has 82 valence electrons. The van der Waals surface area contributed by atoms with Gasteiger partial charge in [0.25, 0.3) is 5.91 Å². The molecule has 16 heavy (non-hydrogen) atoms. The van der Waals surface area contributed by atoms with Gasteiger partial charge in [0.15, 0.2) is 0 Å². The minimum atomic E-state index is -0.560. The van der Waals surface area contributed by atoms with Gasteiger partial charge in [-0.05, 0) is 6.92 Å². The fourth-order valence-corrected chi connectivity index (χ4v) is 1.98. The van der Waals surface area contributed by atoms with Crippen LogP contribution in [0.15, 0.2) is 17.8 Å². The highest BCUT2D eigenvalue weighted by Crippen LogP contribution is 2.13. The third-order valence-electron chi connectivity index (χ3n) is 2.02. The van der Waals surface area contributed by atoms with E-state index < -0.39 is 5.91 Å². The Morgan fingerprint density at radius 2 is 2.19 bits per heavy atom. The van der Waals surface area contributed by atoms with Gasteiger partial charge in [-0.25, -0.2) is 9.97 Å². The number of carbonyl (C=O) groups excluding carboxylic acids is 1. The van der Waals surface area contributed by atoms with Crippen LogP contribution in [0.25, 0.3) is 0 Å². The molecule has 0 aromatic carbocycles. The molecule has 0 aliphatic heterocycles. The standard InChI is InChI=1S/C10H10N4OS/c1-6-14-7(5-16-6)4-8-9(10(11)15)13-3-2-12-8/h2-3,5H,4H2,1H3,(H2,11,15). The maximum atomic E-state index is 11.1. The van der Waals surface area contributed by atoms with E-state index in [2.05, 4.69) is 15.0 Å². The number of primary amides is 1. The van der Waals surface area contributed by atoms with Gasteiger partial charge in [0, 0.05) is 24.2 Å². The maximum Gasteiger partial charge on any atom is 0.269 e. The highest BCUT2D eigenvalue weighted by molar-refractivity contribution is 7.09. The van der Waals surface area contributed by atoms with Crippen LogP contribution in [0.4, 0.5) is 0 Å². The quantitative estimate of drug-likeness (QED) is 0.856. The van der Waals surface area contributed by atoms with E-state index >= 15 is 0 Å². The first-order chi connectivity index (χ1) is 7.66. The molecule has 0 saturated carbocycles. The summed E-state index contributed by atoms with van der Waals surface area (Å²) in [5.41, 5.74) is 6.88. The Bertz CT molecular complexity index is 523. The summed E-state index contributed by atoms with van der Waals surface area (Å²) < 4.78 is 0. The van der Waals surface area contributed by atoms with Gasteiger partial charge in [-0.2, -0.15) is 0 Å². The maximum absolute atomic E-state index is 11.1. The molecule has 2 N–H and O–H groups in total. The molecule has 0 spiro atoms. The molecule has 0 aliphatic carbocycles. The Kier molecular flexibility index (Phi) is 2.91. The highest BCUT2D eigenvalue weighted by atomic mass is 32.1. The molecule has 2 aromatic rings. The fourth-order valence-electron chi connectivity index (χ4n) is 1.36. The summed E-state index contributed by atoms with van der Waals surface area (Å²) in [4.78, 5) is 23.4. The first-order valence-corrected chi connectivity index (χ1v) is 5.55. The second kappa shape index (κ2) is 4.36. The molecule has 1 amide bonds. The van der Waals surface area contributed by atoms with Gasteiger partial charge in [-0.1, -0.05) is 0 Å². The van der Waals surface area contributed by atoms with Crippen LogP contribution in [0.3, 0.4) is 0 Å². The summed E-state index contributed by atoms with van der Waals surface area (Å²) in [7, 11) is 0. The van der Waals surface area contributed by atoms with Crippen LogP contribution in [-0.2, 0) is 6.42 Å². The summed E-state index contributed by atoms with van der Waals surface area (Å²) in [5.74, 6) is -0.560. The molecule has 0 fully saturated rings. The Hall–Kier alpha value is -1.82. The smallest absolute Gasteiger partial charge is 0.269 e. The molecule has 0 saturated heterocycles. The van der Waals surface area contributed by atoms with Crippen molar-refractivity contribution in [2.75, 3.05) is 0 Å². The topological polar surface area (TPSA) is 81.8 Å². The first-order valence-electron chi connectivity index (χ1n) is 4.67. The van der Waals surface area contributed by atoms with Crippen molar-refractivity contribution in [3.8, 4) is 0 Å². The summed E-state index contributed by atoms with van der Waals surface area (Å²) in [6.07, 6.45) is 3.48. The Labute approximate surface area is 96.4 Å². The van der Waals surface area contributed by atoms with Crippen LogP contribution in [-0.4, -0.2) is 20.9 Å². The van der Waals surface area contributed by atoms with E-state index in [-0.39, 0.29) is 5.69 Å². The highest BCUT2D eigenvalue weighted by Gasteiger charge is 2.12. The van der Waals surface area contributed by atoms with E-state index in [9.17, 15) is 4.79 Å². The van der Waals surface area contributed by atoms with Crippen molar-refractivity contribution in [3.05, 3.63) is 39.9 Å². The number of nitrogens with two attached hydrogens (primary N) is 1. The zero-order chi connectivity index (χ0) is 11.5. The van der Waals surface area contributed by atoms with Gasteiger partial charge in [0.05, 0.1) is 16.4 Å². The number of hydrogen-bond donors (Lipinski definition) is 1. The number of aryl methyl sites for hydroxylation is 1. The van der Waals surface area contributed by atoms with Gasteiger partial charge in [-0.3, -0.25) is 9.78 Å². The molecular formula is C10H10N4OS. The van der Waals surface area contributed by atoms with Crippen LogP contribution in [0.1, 0.15) is 26.9 Å². The van der Waals surface area contributed by atoms with Crippen molar-refractivity contribution in [2.45, 2.75) is 13.3 Å². The number of hydrogen-bond acceptors (Lipinski definition) is 5. The summed E-state index contributed by atoms with van der Waals surface area (Å²) in [6.45, 7) is 1.93. The van der Waals surface area contributed by atoms with Crippen molar-refractivity contribution in [2.24, 2.45) is 5.73 Å². The minimum Gasteiger partial charge on any atom is -0.364 e. The zero-order valence-electron chi connectivity index (χ0n) is 8.67. The van der Waals surface area contributed by atoms with Crippen molar-refractivity contribution < 1.29 is 4.79 Å². The number of aromatic nitrogens is 3. The van der Waals surface area contributed by atoms with Crippen LogP contribution >= 0.6 is 11.3 Å². The van der Waals surface area contributed by atoms with Crippen LogP contribution in [0.5, 0.6) is 0 Å². The van der Waals surface area contributed by atoms with E-state index in [4.69, 9.17) is 5.73 Å². The van der Waals surface area contributed by atoms with E-state index in [1.54, 1.807) is 17.5 Å². The van der Waals surface area contributed by atoms with E-state index in [1.165, 1.54) is 6.20 Å². The van der Waals surface area contributed by atoms with Crippen molar-refractivity contribution in [3.63, 3.8) is 0 Å². The molecule has 2 heterocycles. The Morgan fingerprint density at radius 3 is 2.81 bits per heavy atom. The van der Waals surface area contributed by atoms with Gasteiger partial charge >= 0.3 is 0 Å². The number of rotatable bonds is 3. The van der Waals surface area contributed by atoms with Crippen molar-refractivity contribution in [1.29, 1.82) is 0 Å². The minimum absolute atomic E-state index is 0.216. The van der Waals surface area contributed by atoms with E-state index in [0.29, 0.717) is 12.1 Å². The molecule has 2 rings (SSSR count). The number of carbonyl (C=O) groups is 1. The molecule has 5 nitrogen and oxygen atoms in total. The summed E-state index contributed by atoms with van der Waals surface area (Å²) in [5, 5.41) is 2.92. The van der Waals surface area contributed by atoms with Crippen LogP contribution in [0, 0.1) is 6.92 Å². The zero-order valence-corrected chi connectivity index (χ0v) is 9.49. The average molecular weight is 234 g/mol. The number of thiazole rings is 1.